The zero-order valence-electron chi connectivity index (χ0n) is 20.1. The van der Waals surface area contributed by atoms with Gasteiger partial charge in [0.25, 0.3) is 0 Å². The molecule has 0 unspecified atom stereocenters. The molecule has 0 aliphatic carbocycles. The lowest BCUT2D eigenvalue weighted by molar-refractivity contribution is -0.127. The summed E-state index contributed by atoms with van der Waals surface area (Å²) in [5.41, 5.74) is 2.83. The van der Waals surface area contributed by atoms with Crippen LogP contribution in [0.15, 0.2) is 60.7 Å². The number of amides is 1. The Balaban J connectivity index is 1.36. The molecule has 8 heteroatoms. The van der Waals surface area contributed by atoms with Crippen molar-refractivity contribution in [3.05, 3.63) is 77.4 Å². The number of fused-ring (bicyclic) bond motifs is 2. The number of nitrogens with one attached hydrogen (secondary N) is 1. The molecule has 2 aliphatic rings. The third kappa shape index (κ3) is 5.33. The number of aliphatic hydroxyl groups excluding tert-OH is 1. The van der Waals surface area contributed by atoms with Gasteiger partial charge in [0.05, 0.1) is 7.11 Å². The van der Waals surface area contributed by atoms with Crippen LogP contribution in [0.5, 0.6) is 28.7 Å². The molecule has 1 amide bonds. The van der Waals surface area contributed by atoms with E-state index in [1.165, 1.54) is 0 Å². The minimum absolute atomic E-state index is 0.129. The van der Waals surface area contributed by atoms with Gasteiger partial charge in [-0.3, -0.25) is 4.79 Å². The maximum atomic E-state index is 13.5. The van der Waals surface area contributed by atoms with Gasteiger partial charge in [-0.1, -0.05) is 24.3 Å². The monoisotopic (exact) mass is 491 g/mol. The Bertz CT molecular complexity index is 1230. The molecule has 0 radical (unpaired) electrons. The van der Waals surface area contributed by atoms with Crippen molar-refractivity contribution in [3.63, 3.8) is 0 Å². The third-order valence-corrected chi connectivity index (χ3v) is 6.57. The van der Waals surface area contributed by atoms with Crippen molar-refractivity contribution >= 4 is 5.91 Å². The van der Waals surface area contributed by atoms with Crippen LogP contribution in [0.3, 0.4) is 0 Å². The summed E-state index contributed by atoms with van der Waals surface area (Å²) in [5, 5.41) is 13.4. The summed E-state index contributed by atoms with van der Waals surface area (Å²) in [6.45, 7) is 0.598. The number of carbonyl (C=O) groups is 1. The molecule has 3 aromatic rings. The molecule has 2 N–H and O–H groups in total. The van der Waals surface area contributed by atoms with Crippen LogP contribution in [0.25, 0.3) is 0 Å². The number of hydrogen-bond acceptors (Lipinski definition) is 7. The van der Waals surface area contributed by atoms with Crippen molar-refractivity contribution in [1.29, 1.82) is 0 Å². The van der Waals surface area contributed by atoms with E-state index in [1.54, 1.807) is 7.11 Å². The molecule has 2 atom stereocenters. The fourth-order valence-electron chi connectivity index (χ4n) is 4.60. The zero-order valence-corrected chi connectivity index (χ0v) is 20.1. The Morgan fingerprint density at radius 1 is 0.861 bits per heavy atom. The predicted octanol–water partition coefficient (Wildman–Crippen LogP) is 3.48. The SMILES string of the molecule is COc1cccc(CNC(=O)[C@@H](Cc2ccc3c(c2)OCO3)[C@@H](CO)Cc2ccc3c(c2)OCO3)c1. The second-order valence-corrected chi connectivity index (χ2v) is 8.90. The van der Waals surface area contributed by atoms with Crippen molar-refractivity contribution in [3.8, 4) is 28.7 Å². The van der Waals surface area contributed by atoms with Gasteiger partial charge in [-0.25, -0.2) is 0 Å². The van der Waals surface area contributed by atoms with Crippen LogP contribution in [-0.4, -0.2) is 38.3 Å². The molecular formula is C28H29NO7. The summed E-state index contributed by atoms with van der Waals surface area (Å²) < 4.78 is 27.2. The van der Waals surface area contributed by atoms with Crippen LogP contribution < -0.4 is 29.0 Å². The van der Waals surface area contributed by atoms with E-state index in [1.807, 2.05) is 60.7 Å². The van der Waals surface area contributed by atoms with E-state index in [-0.39, 0.29) is 32.0 Å². The van der Waals surface area contributed by atoms with Gasteiger partial charge in [0.2, 0.25) is 19.5 Å². The molecule has 0 aromatic heterocycles. The standard InChI is InChI=1S/C28H29NO7/c1-32-22-4-2-3-20(10-22)14-29-28(31)23(11-19-6-8-25-27(13-19)36-17-34-25)21(15-30)9-18-5-7-24-26(12-18)35-16-33-24/h2-8,10,12-13,21,23,30H,9,11,14-17H2,1H3,(H,29,31)/t21-,23+/m1/s1. The minimum atomic E-state index is -0.480. The Morgan fingerprint density at radius 3 is 2.14 bits per heavy atom. The van der Waals surface area contributed by atoms with Crippen molar-refractivity contribution in [2.45, 2.75) is 19.4 Å². The Hall–Kier alpha value is -3.91. The van der Waals surface area contributed by atoms with Gasteiger partial charge < -0.3 is 34.1 Å². The smallest absolute Gasteiger partial charge is 0.231 e. The normalized spacial score (nSPS) is 14.8. The fourth-order valence-corrected chi connectivity index (χ4v) is 4.60. The molecule has 5 rings (SSSR count). The first-order valence-corrected chi connectivity index (χ1v) is 11.9. The van der Waals surface area contributed by atoms with Gasteiger partial charge in [0.1, 0.15) is 5.75 Å². The van der Waals surface area contributed by atoms with Crippen LogP contribution in [0.2, 0.25) is 0 Å². The molecule has 0 bridgehead atoms. The average molecular weight is 492 g/mol. The first-order chi connectivity index (χ1) is 17.6. The quantitative estimate of drug-likeness (QED) is 0.448. The lowest BCUT2D eigenvalue weighted by atomic mass is 9.82. The summed E-state index contributed by atoms with van der Waals surface area (Å²) in [7, 11) is 1.61. The second-order valence-electron chi connectivity index (χ2n) is 8.90. The van der Waals surface area contributed by atoms with Crippen molar-refractivity contribution in [2.24, 2.45) is 11.8 Å². The summed E-state index contributed by atoms with van der Waals surface area (Å²) in [6, 6.07) is 19.0. The molecule has 0 saturated carbocycles. The van der Waals surface area contributed by atoms with Crippen LogP contribution in [0, 0.1) is 11.8 Å². The Labute approximate surface area is 209 Å². The summed E-state index contributed by atoms with van der Waals surface area (Å²) >= 11 is 0. The minimum Gasteiger partial charge on any atom is -0.497 e. The first-order valence-electron chi connectivity index (χ1n) is 11.9. The van der Waals surface area contributed by atoms with E-state index in [0.717, 1.165) is 22.4 Å². The maximum absolute atomic E-state index is 13.5. The lowest BCUT2D eigenvalue weighted by Gasteiger charge is -2.25. The molecule has 8 nitrogen and oxygen atoms in total. The molecular weight excluding hydrogens is 462 g/mol. The van der Waals surface area contributed by atoms with Crippen LogP contribution in [0.4, 0.5) is 0 Å². The molecule has 0 saturated heterocycles. The summed E-state index contributed by atoms with van der Waals surface area (Å²) in [5.74, 6) is 2.54. The van der Waals surface area contributed by atoms with Crippen molar-refractivity contribution in [1.82, 2.24) is 5.32 Å². The molecule has 2 heterocycles. The number of benzene rings is 3. The number of aliphatic hydroxyl groups is 1. The van der Waals surface area contributed by atoms with Crippen molar-refractivity contribution in [2.75, 3.05) is 27.3 Å². The van der Waals surface area contributed by atoms with E-state index in [2.05, 4.69) is 5.32 Å². The number of ether oxygens (including phenoxy) is 5. The highest BCUT2D eigenvalue weighted by Gasteiger charge is 2.30. The highest BCUT2D eigenvalue weighted by molar-refractivity contribution is 5.79. The van der Waals surface area contributed by atoms with E-state index in [0.29, 0.717) is 42.4 Å². The number of hydrogen-bond donors (Lipinski definition) is 2. The number of carbonyl (C=O) groups excluding carboxylic acids is 1. The molecule has 188 valence electrons. The molecule has 0 spiro atoms. The number of rotatable bonds is 10. The zero-order chi connectivity index (χ0) is 24.9. The van der Waals surface area contributed by atoms with Gasteiger partial charge >= 0.3 is 0 Å². The largest absolute Gasteiger partial charge is 0.497 e. The van der Waals surface area contributed by atoms with Crippen LogP contribution in [0.1, 0.15) is 16.7 Å². The Kier molecular flexibility index (Phi) is 7.13. The second kappa shape index (κ2) is 10.8. The molecule has 2 aliphatic heterocycles. The topological polar surface area (TPSA) is 95.5 Å². The van der Waals surface area contributed by atoms with E-state index in [4.69, 9.17) is 23.7 Å². The summed E-state index contributed by atoms with van der Waals surface area (Å²) in [6.07, 6.45) is 0.950. The third-order valence-electron chi connectivity index (χ3n) is 6.57. The molecule has 36 heavy (non-hydrogen) atoms. The van der Waals surface area contributed by atoms with Gasteiger partial charge in [0, 0.05) is 19.1 Å². The molecule has 3 aromatic carbocycles. The predicted molar refractivity (Wildman–Crippen MR) is 131 cm³/mol. The lowest BCUT2D eigenvalue weighted by Crippen LogP contribution is -2.38. The number of methoxy groups -OCH3 is 1. The van der Waals surface area contributed by atoms with Gasteiger partial charge in [-0.15, -0.1) is 0 Å². The van der Waals surface area contributed by atoms with Crippen molar-refractivity contribution < 1.29 is 33.6 Å². The van der Waals surface area contributed by atoms with Crippen LogP contribution in [-0.2, 0) is 24.2 Å². The maximum Gasteiger partial charge on any atom is 0.231 e. The van der Waals surface area contributed by atoms with Crippen LogP contribution >= 0.6 is 0 Å². The first kappa shape index (κ1) is 23.8. The van der Waals surface area contributed by atoms with Gasteiger partial charge in [-0.2, -0.15) is 0 Å². The molecule has 0 fully saturated rings. The van der Waals surface area contributed by atoms with E-state index < -0.39 is 5.92 Å². The van der Waals surface area contributed by atoms with Gasteiger partial charge in [0.15, 0.2) is 23.0 Å². The fraction of sp³-hybridized carbons (Fsp3) is 0.321. The summed E-state index contributed by atoms with van der Waals surface area (Å²) in [4.78, 5) is 13.5. The Morgan fingerprint density at radius 2 is 1.50 bits per heavy atom. The average Bonchev–Trinajstić information content (AvgIpc) is 3.58. The van der Waals surface area contributed by atoms with E-state index in [9.17, 15) is 9.90 Å². The van der Waals surface area contributed by atoms with E-state index >= 15 is 0 Å². The van der Waals surface area contributed by atoms with Gasteiger partial charge in [-0.05, 0) is 71.8 Å². The highest BCUT2D eigenvalue weighted by Crippen LogP contribution is 2.36. The highest BCUT2D eigenvalue weighted by atomic mass is 16.7.